The van der Waals surface area contributed by atoms with Gasteiger partial charge in [-0.25, -0.2) is 4.98 Å². The van der Waals surface area contributed by atoms with Crippen molar-refractivity contribution in [1.82, 2.24) is 14.5 Å². The van der Waals surface area contributed by atoms with E-state index in [0.29, 0.717) is 24.0 Å². The first-order valence-corrected chi connectivity index (χ1v) is 13.5. The van der Waals surface area contributed by atoms with E-state index in [2.05, 4.69) is 32.7 Å². The van der Waals surface area contributed by atoms with E-state index in [1.807, 2.05) is 47.2 Å². The Morgan fingerprint density at radius 2 is 2.00 bits per heavy atom. The van der Waals surface area contributed by atoms with Gasteiger partial charge in [-0.1, -0.05) is 0 Å². The summed E-state index contributed by atoms with van der Waals surface area (Å²) in [7, 11) is 0. The minimum absolute atomic E-state index is 0.146. The van der Waals surface area contributed by atoms with Crippen LogP contribution in [0.2, 0.25) is 0 Å². The Labute approximate surface area is 219 Å². The molecule has 4 aromatic rings. The number of nitrogens with zero attached hydrogens (tertiary/aromatic N) is 4. The fourth-order valence-electron chi connectivity index (χ4n) is 5.00. The molecule has 0 bridgehead atoms. The van der Waals surface area contributed by atoms with Gasteiger partial charge in [0, 0.05) is 49.2 Å². The van der Waals surface area contributed by atoms with Gasteiger partial charge in [-0.2, -0.15) is 0 Å². The Kier molecular flexibility index (Phi) is 6.88. The maximum Gasteiger partial charge on any atom is 0.274 e. The SMILES string of the molecule is O=C(Nc1nc([C@H]2CCCN2c2ccc(OC3CCOC3)cc2)cs1)c1cccn1Cc1ccncc1. The molecule has 0 saturated carbocycles. The van der Waals surface area contributed by atoms with Crippen LogP contribution < -0.4 is 15.0 Å². The standard InChI is InChI=1S/C28H29N5O3S/c34-27(26-4-1-14-32(26)17-20-9-12-29-13-10-20)31-28-30-24(19-37-28)25-3-2-15-33(25)21-5-7-22(8-6-21)36-23-11-16-35-18-23/h1,4-10,12-14,19,23,25H,2-3,11,15-18H2,(H,30,31,34)/t23?,25-/m1/s1. The number of amides is 1. The highest BCUT2D eigenvalue weighted by molar-refractivity contribution is 7.14. The Hall–Kier alpha value is -3.69. The van der Waals surface area contributed by atoms with E-state index in [1.54, 1.807) is 12.4 Å². The van der Waals surface area contributed by atoms with Gasteiger partial charge >= 0.3 is 0 Å². The van der Waals surface area contributed by atoms with Gasteiger partial charge in [0.25, 0.3) is 5.91 Å². The number of nitrogens with one attached hydrogen (secondary N) is 1. The molecule has 1 N–H and O–H groups in total. The van der Waals surface area contributed by atoms with Crippen LogP contribution in [0.25, 0.3) is 0 Å². The highest BCUT2D eigenvalue weighted by atomic mass is 32.1. The van der Waals surface area contributed by atoms with Crippen LogP contribution in [0.1, 0.15) is 47.1 Å². The van der Waals surface area contributed by atoms with Crippen LogP contribution in [0.3, 0.4) is 0 Å². The van der Waals surface area contributed by atoms with Crippen molar-refractivity contribution in [3.05, 3.63) is 89.5 Å². The van der Waals surface area contributed by atoms with Gasteiger partial charge in [0.05, 0.1) is 24.9 Å². The minimum Gasteiger partial charge on any atom is -0.488 e. The molecule has 1 amide bonds. The van der Waals surface area contributed by atoms with E-state index in [1.165, 1.54) is 11.3 Å². The molecule has 0 radical (unpaired) electrons. The zero-order valence-corrected chi connectivity index (χ0v) is 21.3. The summed E-state index contributed by atoms with van der Waals surface area (Å²) in [6, 6.07) is 16.1. The molecular weight excluding hydrogens is 486 g/mol. The normalized spacial score (nSPS) is 19.3. The lowest BCUT2D eigenvalue weighted by Gasteiger charge is -2.26. The first-order valence-electron chi connectivity index (χ1n) is 12.6. The minimum atomic E-state index is -0.161. The number of thiazole rings is 1. The van der Waals surface area contributed by atoms with Crippen LogP contribution in [-0.2, 0) is 11.3 Å². The summed E-state index contributed by atoms with van der Waals surface area (Å²) in [5, 5.41) is 5.68. The van der Waals surface area contributed by atoms with Gasteiger partial charge in [-0.15, -0.1) is 11.3 Å². The second-order valence-electron chi connectivity index (χ2n) is 9.36. The van der Waals surface area contributed by atoms with Crippen molar-refractivity contribution in [2.45, 2.75) is 38.0 Å². The number of carbonyl (C=O) groups excluding carboxylic acids is 1. The van der Waals surface area contributed by atoms with Crippen LogP contribution in [0.4, 0.5) is 10.8 Å². The Balaban J connectivity index is 1.11. The number of benzene rings is 1. The zero-order chi connectivity index (χ0) is 25.0. The smallest absolute Gasteiger partial charge is 0.274 e. The van der Waals surface area contributed by atoms with Crippen molar-refractivity contribution in [1.29, 1.82) is 0 Å². The number of anilines is 2. The average molecular weight is 516 g/mol. The Morgan fingerprint density at radius 3 is 2.81 bits per heavy atom. The Bertz CT molecular complexity index is 1330. The molecule has 0 spiro atoms. The van der Waals surface area contributed by atoms with Crippen LogP contribution in [-0.4, -0.2) is 46.3 Å². The molecule has 2 atom stereocenters. The predicted molar refractivity (Wildman–Crippen MR) is 143 cm³/mol. The second-order valence-corrected chi connectivity index (χ2v) is 10.2. The van der Waals surface area contributed by atoms with E-state index >= 15 is 0 Å². The number of rotatable bonds is 8. The highest BCUT2D eigenvalue weighted by Crippen LogP contribution is 2.38. The van der Waals surface area contributed by atoms with Crippen molar-refractivity contribution >= 4 is 28.1 Å². The number of aromatic nitrogens is 3. The van der Waals surface area contributed by atoms with Crippen molar-refractivity contribution < 1.29 is 14.3 Å². The summed E-state index contributed by atoms with van der Waals surface area (Å²) >= 11 is 1.47. The highest BCUT2D eigenvalue weighted by Gasteiger charge is 2.29. The summed E-state index contributed by atoms with van der Waals surface area (Å²) in [5.41, 5.74) is 3.84. The average Bonchev–Trinajstić information content (AvgIpc) is 3.73. The first kappa shape index (κ1) is 23.7. The van der Waals surface area contributed by atoms with Crippen molar-refractivity contribution in [2.24, 2.45) is 0 Å². The molecule has 3 aromatic heterocycles. The molecule has 0 aliphatic carbocycles. The third kappa shape index (κ3) is 5.38. The fraction of sp³-hybridized carbons (Fsp3) is 0.321. The summed E-state index contributed by atoms with van der Waals surface area (Å²) in [5.74, 6) is 0.717. The van der Waals surface area contributed by atoms with E-state index in [9.17, 15) is 4.79 Å². The third-order valence-electron chi connectivity index (χ3n) is 6.86. The number of ether oxygens (including phenoxy) is 2. The van der Waals surface area contributed by atoms with Gasteiger partial charge < -0.3 is 18.9 Å². The van der Waals surface area contributed by atoms with Gasteiger partial charge in [0.15, 0.2) is 5.13 Å². The largest absolute Gasteiger partial charge is 0.488 e. The van der Waals surface area contributed by atoms with Gasteiger partial charge in [-0.3, -0.25) is 15.1 Å². The molecule has 37 heavy (non-hydrogen) atoms. The quantitative estimate of drug-likeness (QED) is 0.350. The molecule has 5 heterocycles. The van der Waals surface area contributed by atoms with Crippen LogP contribution in [0, 0.1) is 0 Å². The van der Waals surface area contributed by atoms with E-state index < -0.39 is 0 Å². The second kappa shape index (κ2) is 10.7. The van der Waals surface area contributed by atoms with E-state index in [0.717, 1.165) is 55.1 Å². The zero-order valence-electron chi connectivity index (χ0n) is 20.5. The third-order valence-corrected chi connectivity index (χ3v) is 7.64. The van der Waals surface area contributed by atoms with Crippen molar-refractivity contribution in [3.63, 3.8) is 0 Å². The lowest BCUT2D eigenvalue weighted by atomic mass is 10.1. The van der Waals surface area contributed by atoms with Crippen LogP contribution in [0.5, 0.6) is 5.75 Å². The number of hydrogen-bond donors (Lipinski definition) is 1. The van der Waals surface area contributed by atoms with E-state index in [-0.39, 0.29) is 18.1 Å². The Morgan fingerprint density at radius 1 is 1.14 bits per heavy atom. The van der Waals surface area contributed by atoms with Crippen LogP contribution >= 0.6 is 11.3 Å². The molecule has 2 saturated heterocycles. The van der Waals surface area contributed by atoms with Gasteiger partial charge in [0.1, 0.15) is 17.5 Å². The maximum atomic E-state index is 13.1. The summed E-state index contributed by atoms with van der Waals surface area (Å²) < 4.78 is 13.4. The molecule has 2 aliphatic rings. The van der Waals surface area contributed by atoms with E-state index in [4.69, 9.17) is 14.5 Å². The van der Waals surface area contributed by atoms with Crippen LogP contribution in [0.15, 0.2) is 72.5 Å². The van der Waals surface area contributed by atoms with Gasteiger partial charge in [-0.05, 0) is 66.9 Å². The summed E-state index contributed by atoms with van der Waals surface area (Å²) in [6.07, 6.45) is 8.65. The molecule has 2 aliphatic heterocycles. The van der Waals surface area contributed by atoms with Crippen molar-refractivity contribution in [3.8, 4) is 5.75 Å². The topological polar surface area (TPSA) is 81.5 Å². The summed E-state index contributed by atoms with van der Waals surface area (Å²) in [6.45, 7) is 3.02. The summed E-state index contributed by atoms with van der Waals surface area (Å²) in [4.78, 5) is 24.3. The van der Waals surface area contributed by atoms with Gasteiger partial charge in [0.2, 0.25) is 0 Å². The molecule has 2 fully saturated rings. The molecule has 1 aromatic carbocycles. The predicted octanol–water partition coefficient (Wildman–Crippen LogP) is 5.15. The number of hydrogen-bond acceptors (Lipinski definition) is 7. The fourth-order valence-corrected chi connectivity index (χ4v) is 5.75. The monoisotopic (exact) mass is 515 g/mol. The first-order chi connectivity index (χ1) is 18.2. The lowest BCUT2D eigenvalue weighted by Crippen LogP contribution is -2.23. The number of carbonyl (C=O) groups is 1. The molecule has 8 nitrogen and oxygen atoms in total. The molecule has 190 valence electrons. The maximum absolute atomic E-state index is 13.1. The molecule has 6 rings (SSSR count). The molecule has 1 unspecified atom stereocenters. The molecular formula is C28H29N5O3S. The van der Waals surface area contributed by atoms with Crippen molar-refractivity contribution in [2.75, 3.05) is 30.0 Å². The number of pyridine rings is 1. The lowest BCUT2D eigenvalue weighted by molar-refractivity contribution is 0.101. The molecule has 9 heteroatoms.